The van der Waals surface area contributed by atoms with Gasteiger partial charge in [-0.3, -0.25) is 19.4 Å². The number of nitrogens with zero attached hydrogens (tertiary/aromatic N) is 1. The van der Waals surface area contributed by atoms with Crippen molar-refractivity contribution in [2.75, 3.05) is 19.7 Å². The molecule has 0 aromatic carbocycles. The molecular formula is C14H27N7O6. The van der Waals surface area contributed by atoms with Gasteiger partial charge in [-0.05, 0) is 19.8 Å². The molecule has 13 nitrogen and oxygen atoms in total. The van der Waals surface area contributed by atoms with Gasteiger partial charge in [0.15, 0.2) is 5.96 Å². The summed E-state index contributed by atoms with van der Waals surface area (Å²) in [7, 11) is 0. The number of amides is 3. The molecule has 3 atom stereocenters. The van der Waals surface area contributed by atoms with Crippen molar-refractivity contribution < 1.29 is 29.4 Å². The molecule has 0 aliphatic rings. The van der Waals surface area contributed by atoms with Gasteiger partial charge in [0.2, 0.25) is 17.7 Å². The number of carboxylic acids is 1. The third-order valence-electron chi connectivity index (χ3n) is 3.23. The van der Waals surface area contributed by atoms with Crippen molar-refractivity contribution >= 4 is 29.7 Å². The average molecular weight is 389 g/mol. The number of aliphatic hydroxyl groups is 1. The van der Waals surface area contributed by atoms with E-state index in [4.69, 9.17) is 27.4 Å². The Morgan fingerprint density at radius 1 is 1.07 bits per heavy atom. The van der Waals surface area contributed by atoms with Crippen LogP contribution in [-0.2, 0) is 19.2 Å². The number of carboxylic acid groups (broad SMARTS) is 1. The maximum absolute atomic E-state index is 12.2. The molecule has 3 amide bonds. The number of aliphatic carboxylic acids is 1. The summed E-state index contributed by atoms with van der Waals surface area (Å²) in [6, 6.07) is -3.32. The number of hydrogen-bond acceptors (Lipinski definition) is 7. The van der Waals surface area contributed by atoms with E-state index in [-0.39, 0.29) is 18.9 Å². The largest absolute Gasteiger partial charge is 0.480 e. The molecule has 11 N–H and O–H groups in total. The number of rotatable bonds is 12. The van der Waals surface area contributed by atoms with Crippen molar-refractivity contribution in [1.29, 1.82) is 0 Å². The summed E-state index contributed by atoms with van der Waals surface area (Å²) in [6.45, 7) is 0.337. The molecule has 3 unspecified atom stereocenters. The van der Waals surface area contributed by atoms with Crippen LogP contribution in [0.2, 0.25) is 0 Å². The summed E-state index contributed by atoms with van der Waals surface area (Å²) in [5, 5.41) is 24.4. The van der Waals surface area contributed by atoms with Crippen LogP contribution in [0.5, 0.6) is 0 Å². The lowest BCUT2D eigenvalue weighted by Crippen LogP contribution is -2.53. The van der Waals surface area contributed by atoms with E-state index in [1.165, 1.54) is 6.92 Å². The van der Waals surface area contributed by atoms with Crippen molar-refractivity contribution in [3.63, 3.8) is 0 Å². The summed E-state index contributed by atoms with van der Waals surface area (Å²) in [4.78, 5) is 50.1. The molecule has 0 aromatic rings. The molecular weight excluding hydrogens is 362 g/mol. The Labute approximate surface area is 155 Å². The topological polar surface area (TPSA) is 235 Å². The maximum Gasteiger partial charge on any atom is 0.328 e. The molecule has 0 saturated carbocycles. The first-order valence-electron chi connectivity index (χ1n) is 8.10. The zero-order valence-electron chi connectivity index (χ0n) is 15.0. The lowest BCUT2D eigenvalue weighted by molar-refractivity contribution is -0.142. The highest BCUT2D eigenvalue weighted by molar-refractivity contribution is 5.92. The van der Waals surface area contributed by atoms with E-state index >= 15 is 0 Å². The first kappa shape index (κ1) is 24.1. The van der Waals surface area contributed by atoms with Crippen LogP contribution < -0.4 is 33.2 Å². The minimum atomic E-state index is -1.48. The van der Waals surface area contributed by atoms with Crippen LogP contribution in [0.25, 0.3) is 0 Å². The monoisotopic (exact) mass is 389 g/mol. The highest BCUT2D eigenvalue weighted by Gasteiger charge is 2.23. The fourth-order valence-corrected chi connectivity index (χ4v) is 1.80. The van der Waals surface area contributed by atoms with E-state index < -0.39 is 55.0 Å². The quantitative estimate of drug-likeness (QED) is 0.0911. The van der Waals surface area contributed by atoms with Crippen molar-refractivity contribution in [2.24, 2.45) is 22.2 Å². The van der Waals surface area contributed by atoms with Gasteiger partial charge in [-0.1, -0.05) is 0 Å². The normalized spacial score (nSPS) is 13.6. The number of carbonyl (C=O) groups excluding carboxylic acids is 3. The molecule has 0 heterocycles. The first-order chi connectivity index (χ1) is 12.6. The van der Waals surface area contributed by atoms with E-state index in [1.54, 1.807) is 0 Å². The van der Waals surface area contributed by atoms with Gasteiger partial charge in [0.05, 0.1) is 19.2 Å². The second-order valence-corrected chi connectivity index (χ2v) is 5.66. The average Bonchev–Trinajstić information content (AvgIpc) is 2.59. The van der Waals surface area contributed by atoms with Gasteiger partial charge in [-0.15, -0.1) is 0 Å². The molecule has 0 bridgehead atoms. The van der Waals surface area contributed by atoms with E-state index in [1.807, 2.05) is 5.32 Å². The highest BCUT2D eigenvalue weighted by atomic mass is 16.4. The van der Waals surface area contributed by atoms with E-state index in [9.17, 15) is 19.2 Å². The zero-order valence-corrected chi connectivity index (χ0v) is 15.0. The molecule has 0 spiro atoms. The van der Waals surface area contributed by atoms with E-state index in [0.29, 0.717) is 6.42 Å². The fraction of sp³-hybridized carbons (Fsp3) is 0.643. The molecule has 0 fully saturated rings. The number of nitrogens with one attached hydrogen (secondary N) is 3. The van der Waals surface area contributed by atoms with E-state index in [0.717, 1.165) is 0 Å². The Morgan fingerprint density at radius 2 is 1.70 bits per heavy atom. The number of nitrogens with two attached hydrogens (primary N) is 3. The van der Waals surface area contributed by atoms with Crippen molar-refractivity contribution in [2.45, 2.75) is 37.9 Å². The van der Waals surface area contributed by atoms with Crippen molar-refractivity contribution in [3.8, 4) is 0 Å². The Hall–Kier alpha value is -2.93. The highest BCUT2D eigenvalue weighted by Crippen LogP contribution is 1.99. The molecule has 0 aliphatic heterocycles. The summed E-state index contributed by atoms with van der Waals surface area (Å²) in [5.41, 5.74) is 15.9. The van der Waals surface area contributed by atoms with Crippen LogP contribution in [0.1, 0.15) is 19.8 Å². The molecule has 27 heavy (non-hydrogen) atoms. The van der Waals surface area contributed by atoms with Crippen molar-refractivity contribution in [3.05, 3.63) is 0 Å². The van der Waals surface area contributed by atoms with Gasteiger partial charge in [-0.25, -0.2) is 4.79 Å². The van der Waals surface area contributed by atoms with Crippen LogP contribution in [-0.4, -0.2) is 77.7 Å². The Kier molecular flexibility index (Phi) is 11.1. The second kappa shape index (κ2) is 12.4. The number of aliphatic imine (C=N–C) groups is 1. The van der Waals surface area contributed by atoms with Crippen LogP contribution in [0.4, 0.5) is 0 Å². The molecule has 0 aliphatic carbocycles. The smallest absolute Gasteiger partial charge is 0.328 e. The number of carbonyl (C=O) groups is 4. The third-order valence-corrected chi connectivity index (χ3v) is 3.23. The first-order valence-corrected chi connectivity index (χ1v) is 8.10. The second-order valence-electron chi connectivity index (χ2n) is 5.66. The zero-order chi connectivity index (χ0) is 21.0. The molecule has 13 heteroatoms. The SMILES string of the molecule is CC(N)C(=O)NC(CCCN=C(N)N)C(=O)NCC(=O)NC(CO)C(=O)O. The molecule has 154 valence electrons. The maximum atomic E-state index is 12.2. The fourth-order valence-electron chi connectivity index (χ4n) is 1.80. The minimum absolute atomic E-state index is 0.107. The van der Waals surface area contributed by atoms with Gasteiger partial charge in [0.1, 0.15) is 12.1 Å². The Morgan fingerprint density at radius 3 is 2.19 bits per heavy atom. The lowest BCUT2D eigenvalue weighted by atomic mass is 10.1. The Bertz CT molecular complexity index is 562. The minimum Gasteiger partial charge on any atom is -0.480 e. The predicted octanol–water partition coefficient (Wildman–Crippen LogP) is -4.45. The van der Waals surface area contributed by atoms with Crippen molar-refractivity contribution in [1.82, 2.24) is 16.0 Å². The standard InChI is InChI=1S/C14H27N7O6/c1-7(15)11(24)21-8(3-2-4-18-14(16)17)12(25)19-5-10(23)20-9(6-22)13(26)27/h7-9,22H,2-6,15H2,1H3,(H,19,25)(H,20,23)(H,21,24)(H,26,27)(H4,16,17,18). The van der Waals surface area contributed by atoms with Gasteiger partial charge < -0.3 is 43.4 Å². The number of hydrogen-bond donors (Lipinski definition) is 8. The van der Waals surface area contributed by atoms with E-state index in [2.05, 4.69) is 15.6 Å². The summed E-state index contributed by atoms with van der Waals surface area (Å²) in [6.07, 6.45) is 0.546. The Balaban J connectivity index is 4.71. The van der Waals surface area contributed by atoms with Gasteiger partial charge in [0, 0.05) is 6.54 Å². The molecule has 0 saturated heterocycles. The summed E-state index contributed by atoms with van der Waals surface area (Å²) in [5.74, 6) is -3.57. The molecule has 0 rings (SSSR count). The summed E-state index contributed by atoms with van der Waals surface area (Å²) >= 11 is 0. The number of guanidine groups is 1. The lowest BCUT2D eigenvalue weighted by Gasteiger charge is -2.19. The molecule has 0 radical (unpaired) electrons. The molecule has 0 aromatic heterocycles. The predicted molar refractivity (Wildman–Crippen MR) is 95.2 cm³/mol. The van der Waals surface area contributed by atoms with Gasteiger partial charge in [0.25, 0.3) is 0 Å². The van der Waals surface area contributed by atoms with Gasteiger partial charge in [-0.2, -0.15) is 0 Å². The summed E-state index contributed by atoms with van der Waals surface area (Å²) < 4.78 is 0. The van der Waals surface area contributed by atoms with Crippen LogP contribution >= 0.6 is 0 Å². The van der Waals surface area contributed by atoms with Crippen LogP contribution in [0.15, 0.2) is 4.99 Å². The number of aliphatic hydroxyl groups excluding tert-OH is 1. The van der Waals surface area contributed by atoms with Crippen LogP contribution in [0.3, 0.4) is 0 Å². The third kappa shape index (κ3) is 10.6. The van der Waals surface area contributed by atoms with Gasteiger partial charge >= 0.3 is 5.97 Å². The van der Waals surface area contributed by atoms with Crippen LogP contribution in [0, 0.1) is 0 Å².